The van der Waals surface area contributed by atoms with Gasteiger partial charge in [0.2, 0.25) is 0 Å². The number of aliphatic hydroxyl groups excluding tert-OH is 1. The molecule has 0 aliphatic carbocycles. The Kier molecular flexibility index (Phi) is 3.86. The smallest absolute Gasteiger partial charge is 0.323 e. The predicted octanol–water partition coefficient (Wildman–Crippen LogP) is 1.45. The summed E-state index contributed by atoms with van der Waals surface area (Å²) in [6, 6.07) is 1.87. The first-order valence-electron chi connectivity index (χ1n) is 6.39. The Balaban J connectivity index is 2.01. The molecule has 0 saturated carbocycles. The summed E-state index contributed by atoms with van der Waals surface area (Å²) in [6.45, 7) is 5.14. The number of amides is 2. The van der Waals surface area contributed by atoms with E-state index in [9.17, 15) is 9.90 Å². The molecule has 1 aromatic heterocycles. The third-order valence-electron chi connectivity index (χ3n) is 3.36. The maximum Gasteiger partial charge on any atom is 0.323 e. The molecule has 1 saturated heterocycles. The minimum absolute atomic E-state index is 0.170. The molecule has 1 fully saturated rings. The SMILES string of the molecule is CCC(C)n1nccc1NC(=O)N1CC[C@H](O)C1. The molecule has 0 spiro atoms. The zero-order valence-electron chi connectivity index (χ0n) is 10.8. The molecule has 6 nitrogen and oxygen atoms in total. The summed E-state index contributed by atoms with van der Waals surface area (Å²) >= 11 is 0. The van der Waals surface area contributed by atoms with Crippen molar-refractivity contribution in [3.05, 3.63) is 12.3 Å². The van der Waals surface area contributed by atoms with Crippen LogP contribution in [0.5, 0.6) is 0 Å². The maximum atomic E-state index is 12.0. The Morgan fingerprint density at radius 1 is 1.72 bits per heavy atom. The average Bonchev–Trinajstić information content (AvgIpc) is 2.97. The lowest BCUT2D eigenvalue weighted by Gasteiger charge is -2.18. The van der Waals surface area contributed by atoms with E-state index in [0.717, 1.165) is 6.42 Å². The van der Waals surface area contributed by atoms with Gasteiger partial charge in [-0.3, -0.25) is 5.32 Å². The Hall–Kier alpha value is -1.56. The number of carbonyl (C=O) groups is 1. The maximum absolute atomic E-state index is 12.0. The third-order valence-corrected chi connectivity index (χ3v) is 3.36. The highest BCUT2D eigenvalue weighted by atomic mass is 16.3. The second kappa shape index (κ2) is 5.39. The van der Waals surface area contributed by atoms with Crippen LogP contribution in [0.15, 0.2) is 12.3 Å². The second-order valence-electron chi connectivity index (χ2n) is 4.74. The molecule has 6 heteroatoms. The van der Waals surface area contributed by atoms with Crippen molar-refractivity contribution in [2.75, 3.05) is 18.4 Å². The van der Waals surface area contributed by atoms with E-state index in [4.69, 9.17) is 0 Å². The van der Waals surface area contributed by atoms with Crippen LogP contribution >= 0.6 is 0 Å². The standard InChI is InChI=1S/C12H20N4O2/c1-3-9(2)16-11(4-6-13-16)14-12(18)15-7-5-10(17)8-15/h4,6,9-10,17H,3,5,7-8H2,1-2H3,(H,14,18)/t9?,10-/m0/s1. The lowest BCUT2D eigenvalue weighted by Crippen LogP contribution is -2.34. The van der Waals surface area contributed by atoms with Crippen molar-refractivity contribution in [3.63, 3.8) is 0 Å². The quantitative estimate of drug-likeness (QED) is 0.855. The van der Waals surface area contributed by atoms with E-state index in [2.05, 4.69) is 24.3 Å². The molecular formula is C12H20N4O2. The summed E-state index contributed by atoms with van der Waals surface area (Å²) in [7, 11) is 0. The van der Waals surface area contributed by atoms with Crippen LogP contribution in [0.2, 0.25) is 0 Å². The van der Waals surface area contributed by atoms with E-state index in [1.165, 1.54) is 0 Å². The van der Waals surface area contributed by atoms with Gasteiger partial charge >= 0.3 is 6.03 Å². The van der Waals surface area contributed by atoms with Crippen LogP contribution in [-0.2, 0) is 0 Å². The summed E-state index contributed by atoms with van der Waals surface area (Å²) in [6.07, 6.45) is 2.89. The molecule has 2 heterocycles. The van der Waals surface area contributed by atoms with Crippen molar-refractivity contribution in [3.8, 4) is 0 Å². The molecule has 2 amide bonds. The van der Waals surface area contributed by atoms with Gasteiger partial charge in [0.05, 0.1) is 18.3 Å². The largest absolute Gasteiger partial charge is 0.391 e. The van der Waals surface area contributed by atoms with Crippen molar-refractivity contribution in [2.24, 2.45) is 0 Å². The number of aliphatic hydroxyl groups is 1. The number of rotatable bonds is 3. The Morgan fingerprint density at radius 2 is 2.50 bits per heavy atom. The molecule has 1 aliphatic rings. The first kappa shape index (κ1) is 12.9. The molecule has 0 bridgehead atoms. The number of likely N-dealkylation sites (tertiary alicyclic amines) is 1. The molecule has 1 aliphatic heterocycles. The fraction of sp³-hybridized carbons (Fsp3) is 0.667. The van der Waals surface area contributed by atoms with E-state index >= 15 is 0 Å². The molecule has 1 unspecified atom stereocenters. The zero-order valence-corrected chi connectivity index (χ0v) is 10.8. The first-order chi connectivity index (χ1) is 8.61. The molecule has 2 atom stereocenters. The van der Waals surface area contributed by atoms with Gasteiger partial charge in [-0.1, -0.05) is 6.92 Å². The van der Waals surface area contributed by atoms with Crippen LogP contribution in [0.3, 0.4) is 0 Å². The molecule has 0 aromatic carbocycles. The van der Waals surface area contributed by atoms with Gasteiger partial charge in [-0.15, -0.1) is 0 Å². The topological polar surface area (TPSA) is 70.4 Å². The number of hydrogen-bond donors (Lipinski definition) is 2. The highest BCUT2D eigenvalue weighted by Crippen LogP contribution is 2.17. The number of β-amino-alcohol motifs (C(OH)–C–C–N with tert-alkyl or cyclic N) is 1. The predicted molar refractivity (Wildman–Crippen MR) is 68.4 cm³/mol. The van der Waals surface area contributed by atoms with E-state index in [0.29, 0.717) is 25.3 Å². The highest BCUT2D eigenvalue weighted by Gasteiger charge is 2.25. The van der Waals surface area contributed by atoms with E-state index in [-0.39, 0.29) is 12.1 Å². The highest BCUT2D eigenvalue weighted by molar-refractivity contribution is 5.88. The van der Waals surface area contributed by atoms with Crippen LogP contribution in [0.1, 0.15) is 32.7 Å². The first-order valence-corrected chi connectivity index (χ1v) is 6.39. The van der Waals surface area contributed by atoms with Crippen LogP contribution in [-0.4, -0.2) is 45.0 Å². The number of hydrogen-bond acceptors (Lipinski definition) is 3. The summed E-state index contributed by atoms with van der Waals surface area (Å²) in [5, 5.41) is 16.5. The molecule has 1 aromatic rings. The average molecular weight is 252 g/mol. The summed E-state index contributed by atoms with van der Waals surface area (Å²) in [5.74, 6) is 0.704. The fourth-order valence-electron chi connectivity index (χ4n) is 2.05. The zero-order chi connectivity index (χ0) is 13.1. The van der Waals surface area contributed by atoms with Crippen LogP contribution < -0.4 is 5.32 Å². The minimum Gasteiger partial charge on any atom is -0.391 e. The van der Waals surface area contributed by atoms with Crippen LogP contribution in [0.25, 0.3) is 0 Å². The molecule has 0 radical (unpaired) electrons. The molecular weight excluding hydrogens is 232 g/mol. The van der Waals surface area contributed by atoms with Crippen LogP contribution in [0, 0.1) is 0 Å². The molecule has 18 heavy (non-hydrogen) atoms. The van der Waals surface area contributed by atoms with Crippen molar-refractivity contribution < 1.29 is 9.90 Å². The fourth-order valence-corrected chi connectivity index (χ4v) is 2.05. The van der Waals surface area contributed by atoms with Gasteiger partial charge < -0.3 is 10.0 Å². The van der Waals surface area contributed by atoms with Gasteiger partial charge in [0.15, 0.2) is 0 Å². The monoisotopic (exact) mass is 252 g/mol. The van der Waals surface area contributed by atoms with Gasteiger partial charge in [-0.25, -0.2) is 9.48 Å². The van der Waals surface area contributed by atoms with E-state index in [1.807, 2.05) is 4.68 Å². The summed E-state index contributed by atoms with van der Waals surface area (Å²) in [5.41, 5.74) is 0. The second-order valence-corrected chi connectivity index (χ2v) is 4.74. The number of nitrogens with zero attached hydrogens (tertiary/aromatic N) is 3. The number of nitrogens with one attached hydrogen (secondary N) is 1. The number of anilines is 1. The number of aromatic nitrogens is 2. The van der Waals surface area contributed by atoms with Crippen molar-refractivity contribution >= 4 is 11.8 Å². The Bertz CT molecular complexity index is 418. The number of urea groups is 1. The summed E-state index contributed by atoms with van der Waals surface area (Å²) < 4.78 is 1.81. The lowest BCUT2D eigenvalue weighted by atomic mass is 10.3. The molecule has 100 valence electrons. The van der Waals surface area contributed by atoms with Crippen molar-refractivity contribution in [1.29, 1.82) is 0 Å². The van der Waals surface area contributed by atoms with Gasteiger partial charge in [-0.05, 0) is 19.8 Å². The Labute approximate surface area is 107 Å². The normalized spacial score (nSPS) is 21.1. The third kappa shape index (κ3) is 2.64. The van der Waals surface area contributed by atoms with Crippen molar-refractivity contribution in [2.45, 2.75) is 38.8 Å². The van der Waals surface area contributed by atoms with E-state index in [1.54, 1.807) is 17.2 Å². The van der Waals surface area contributed by atoms with Crippen LogP contribution in [0.4, 0.5) is 10.6 Å². The van der Waals surface area contributed by atoms with E-state index < -0.39 is 6.10 Å². The summed E-state index contributed by atoms with van der Waals surface area (Å²) in [4.78, 5) is 13.6. The van der Waals surface area contributed by atoms with Crippen molar-refractivity contribution in [1.82, 2.24) is 14.7 Å². The number of carbonyl (C=O) groups excluding carboxylic acids is 1. The Morgan fingerprint density at radius 3 is 3.11 bits per heavy atom. The van der Waals surface area contributed by atoms with Gasteiger partial charge in [0.1, 0.15) is 5.82 Å². The van der Waals surface area contributed by atoms with Gasteiger partial charge in [-0.2, -0.15) is 5.10 Å². The molecule has 2 N–H and O–H groups in total. The molecule has 2 rings (SSSR count). The van der Waals surface area contributed by atoms with Gasteiger partial charge in [0.25, 0.3) is 0 Å². The minimum atomic E-state index is -0.393. The van der Waals surface area contributed by atoms with Gasteiger partial charge in [0, 0.05) is 19.2 Å². The lowest BCUT2D eigenvalue weighted by molar-refractivity contribution is 0.176.